The molecule has 0 aliphatic heterocycles. The van der Waals surface area contributed by atoms with E-state index < -0.39 is 35.3 Å². The van der Waals surface area contributed by atoms with Gasteiger partial charge in [0.1, 0.15) is 11.6 Å². The predicted octanol–water partition coefficient (Wildman–Crippen LogP) is 5.36. The van der Waals surface area contributed by atoms with Gasteiger partial charge in [-0.25, -0.2) is 0 Å². The molecule has 2 aromatic rings. The number of hydrogen-bond acceptors (Lipinski definition) is 4. The molecular formula is C27H32F3N3O2. The Bertz CT molecular complexity index is 1060. The third-order valence-corrected chi connectivity index (χ3v) is 6.21. The van der Waals surface area contributed by atoms with Gasteiger partial charge in [-0.1, -0.05) is 62.4 Å². The fraction of sp³-hybridized carbons (Fsp3) is 0.481. The van der Waals surface area contributed by atoms with Crippen LogP contribution in [0, 0.1) is 17.2 Å². The predicted molar refractivity (Wildman–Crippen MR) is 128 cm³/mol. The van der Waals surface area contributed by atoms with Crippen LogP contribution in [0.15, 0.2) is 48.5 Å². The summed E-state index contributed by atoms with van der Waals surface area (Å²) in [5.41, 5.74) is 0.335. The van der Waals surface area contributed by atoms with Crippen LogP contribution in [0.5, 0.6) is 0 Å². The monoisotopic (exact) mass is 487 g/mol. The van der Waals surface area contributed by atoms with Crippen molar-refractivity contribution < 1.29 is 23.1 Å². The summed E-state index contributed by atoms with van der Waals surface area (Å²) in [6.45, 7) is 7.02. The number of halogens is 3. The number of amides is 1. The average molecular weight is 488 g/mol. The summed E-state index contributed by atoms with van der Waals surface area (Å²) in [6, 6.07) is 12.1. The van der Waals surface area contributed by atoms with Crippen molar-refractivity contribution in [1.82, 2.24) is 10.6 Å². The van der Waals surface area contributed by atoms with E-state index in [0.29, 0.717) is 12.8 Å². The van der Waals surface area contributed by atoms with Gasteiger partial charge in [-0.15, -0.1) is 0 Å². The molecule has 0 radical (unpaired) electrons. The van der Waals surface area contributed by atoms with E-state index in [0.717, 1.165) is 16.7 Å². The summed E-state index contributed by atoms with van der Waals surface area (Å²) in [6.07, 6.45) is -3.42. The number of hydrogen-bond donors (Lipinski definition) is 3. The maximum Gasteiger partial charge on any atom is 0.407 e. The second-order valence-electron chi connectivity index (χ2n) is 10.3. The number of aliphatic hydroxyl groups is 1. The molecule has 1 unspecified atom stereocenters. The smallest absolute Gasteiger partial charge is 0.386 e. The summed E-state index contributed by atoms with van der Waals surface area (Å²) in [5, 5.41) is 24.5. The van der Waals surface area contributed by atoms with E-state index in [4.69, 9.17) is 0 Å². The van der Waals surface area contributed by atoms with Gasteiger partial charge in [-0.2, -0.15) is 18.4 Å². The van der Waals surface area contributed by atoms with Gasteiger partial charge in [0, 0.05) is 0 Å². The Morgan fingerprint density at radius 2 is 1.57 bits per heavy atom. The van der Waals surface area contributed by atoms with Gasteiger partial charge in [0.2, 0.25) is 5.91 Å². The van der Waals surface area contributed by atoms with Crippen LogP contribution in [-0.2, 0) is 10.4 Å². The molecule has 0 spiro atoms. The highest BCUT2D eigenvalue weighted by molar-refractivity contribution is 5.83. The SMILES string of the molecule is CC(C)CC(N[C@@H](c1ccc(-c2ccc(C(C)(C)O)cc2)cc1)C(F)(F)F)C(=O)NC1(C#N)CC1. The molecule has 0 bridgehead atoms. The minimum absolute atomic E-state index is 0.00247. The van der Waals surface area contributed by atoms with E-state index in [9.17, 15) is 28.3 Å². The van der Waals surface area contributed by atoms with E-state index in [1.165, 1.54) is 12.1 Å². The topological polar surface area (TPSA) is 85.2 Å². The lowest BCUT2D eigenvalue weighted by molar-refractivity contribution is -0.161. The maximum absolute atomic E-state index is 14.1. The molecule has 1 fully saturated rings. The molecular weight excluding hydrogens is 455 g/mol. The zero-order valence-electron chi connectivity index (χ0n) is 20.4. The number of carbonyl (C=O) groups is 1. The minimum atomic E-state index is -4.63. The highest BCUT2D eigenvalue weighted by atomic mass is 19.4. The minimum Gasteiger partial charge on any atom is -0.386 e. The van der Waals surface area contributed by atoms with Crippen LogP contribution in [0.4, 0.5) is 13.2 Å². The van der Waals surface area contributed by atoms with E-state index in [2.05, 4.69) is 10.6 Å². The third kappa shape index (κ3) is 6.83. The summed E-state index contributed by atoms with van der Waals surface area (Å²) < 4.78 is 42.3. The van der Waals surface area contributed by atoms with Crippen molar-refractivity contribution in [2.24, 2.45) is 5.92 Å². The number of nitrogens with one attached hydrogen (secondary N) is 2. The van der Waals surface area contributed by atoms with Gasteiger partial charge in [0.15, 0.2) is 0 Å². The highest BCUT2D eigenvalue weighted by Crippen LogP contribution is 2.36. The summed E-state index contributed by atoms with van der Waals surface area (Å²) in [7, 11) is 0. The zero-order valence-corrected chi connectivity index (χ0v) is 20.4. The lowest BCUT2D eigenvalue weighted by Crippen LogP contribution is -2.52. The molecule has 3 rings (SSSR count). The van der Waals surface area contributed by atoms with Crippen molar-refractivity contribution in [1.29, 1.82) is 5.26 Å². The van der Waals surface area contributed by atoms with Gasteiger partial charge in [-0.3, -0.25) is 10.1 Å². The summed E-state index contributed by atoms with van der Waals surface area (Å²) in [4.78, 5) is 12.8. The molecule has 1 aliphatic rings. The molecule has 0 aromatic heterocycles. The van der Waals surface area contributed by atoms with Crippen LogP contribution < -0.4 is 10.6 Å². The van der Waals surface area contributed by atoms with Gasteiger partial charge in [-0.05, 0) is 61.3 Å². The first-order chi connectivity index (χ1) is 16.2. The van der Waals surface area contributed by atoms with E-state index >= 15 is 0 Å². The van der Waals surface area contributed by atoms with Crippen molar-refractivity contribution in [3.63, 3.8) is 0 Å². The molecule has 8 heteroatoms. The quantitative estimate of drug-likeness (QED) is 0.445. The first-order valence-corrected chi connectivity index (χ1v) is 11.7. The van der Waals surface area contributed by atoms with Crippen LogP contribution in [0.1, 0.15) is 64.1 Å². The van der Waals surface area contributed by atoms with Gasteiger partial charge >= 0.3 is 6.18 Å². The molecule has 1 amide bonds. The Kier molecular flexibility index (Phi) is 7.63. The number of nitriles is 1. The van der Waals surface area contributed by atoms with Gasteiger partial charge in [0.05, 0.1) is 17.7 Å². The average Bonchev–Trinajstić information content (AvgIpc) is 3.55. The van der Waals surface area contributed by atoms with Crippen molar-refractivity contribution >= 4 is 5.91 Å². The fourth-order valence-corrected chi connectivity index (χ4v) is 3.95. The van der Waals surface area contributed by atoms with Crippen LogP contribution in [0.2, 0.25) is 0 Å². The second-order valence-corrected chi connectivity index (χ2v) is 10.3. The third-order valence-electron chi connectivity index (χ3n) is 6.21. The van der Waals surface area contributed by atoms with E-state index in [1.54, 1.807) is 38.1 Å². The summed E-state index contributed by atoms with van der Waals surface area (Å²) in [5.74, 6) is -0.617. The number of benzene rings is 2. The first-order valence-electron chi connectivity index (χ1n) is 11.7. The van der Waals surface area contributed by atoms with Crippen molar-refractivity contribution in [2.75, 3.05) is 0 Å². The van der Waals surface area contributed by atoms with Crippen LogP contribution in [0.25, 0.3) is 11.1 Å². The molecule has 2 aromatic carbocycles. The number of carbonyl (C=O) groups excluding carboxylic acids is 1. The zero-order chi connectivity index (χ0) is 26.0. The molecule has 5 nitrogen and oxygen atoms in total. The molecule has 3 N–H and O–H groups in total. The van der Waals surface area contributed by atoms with Crippen molar-refractivity contribution in [3.8, 4) is 17.2 Å². The van der Waals surface area contributed by atoms with Crippen LogP contribution in [0.3, 0.4) is 0 Å². The number of alkyl halides is 3. The standard InChI is InChI=1S/C27H32F3N3O2/c1-17(2)15-22(24(34)33-26(16-31)13-14-26)32-23(27(28,29)30)20-7-5-18(6-8-20)19-9-11-21(12-10-19)25(3,4)35/h5-12,17,22-23,32,35H,13-15H2,1-4H3,(H,33,34)/t22?,23-/m0/s1. The van der Waals surface area contributed by atoms with Crippen molar-refractivity contribution in [3.05, 3.63) is 59.7 Å². The normalized spacial score (nSPS) is 16.9. The molecule has 0 heterocycles. The van der Waals surface area contributed by atoms with Gasteiger partial charge in [0.25, 0.3) is 0 Å². The van der Waals surface area contributed by atoms with Gasteiger partial charge < -0.3 is 10.4 Å². The second kappa shape index (κ2) is 10.00. The Morgan fingerprint density at radius 1 is 1.06 bits per heavy atom. The Balaban J connectivity index is 1.83. The Hall–Kier alpha value is -2.89. The molecule has 188 valence electrons. The Labute approximate surface area is 204 Å². The van der Waals surface area contributed by atoms with E-state index in [-0.39, 0.29) is 17.9 Å². The van der Waals surface area contributed by atoms with Crippen molar-refractivity contribution in [2.45, 2.75) is 76.4 Å². The number of rotatable bonds is 9. The molecule has 2 atom stereocenters. The lowest BCUT2D eigenvalue weighted by atomic mass is 9.94. The van der Waals surface area contributed by atoms with Crippen LogP contribution >= 0.6 is 0 Å². The molecule has 1 aliphatic carbocycles. The number of nitrogens with zero attached hydrogens (tertiary/aromatic N) is 1. The largest absolute Gasteiger partial charge is 0.407 e. The fourth-order valence-electron chi connectivity index (χ4n) is 3.95. The lowest BCUT2D eigenvalue weighted by Gasteiger charge is -2.29. The molecule has 35 heavy (non-hydrogen) atoms. The van der Waals surface area contributed by atoms with Crippen LogP contribution in [-0.4, -0.2) is 28.8 Å². The first kappa shape index (κ1) is 26.7. The Morgan fingerprint density at radius 3 is 1.97 bits per heavy atom. The maximum atomic E-state index is 14.1. The highest BCUT2D eigenvalue weighted by Gasteiger charge is 2.47. The molecule has 1 saturated carbocycles. The summed E-state index contributed by atoms with van der Waals surface area (Å²) >= 11 is 0. The van der Waals surface area contributed by atoms with E-state index in [1.807, 2.05) is 32.0 Å². The molecule has 0 saturated heterocycles.